The minimum Gasteiger partial charge on any atom is -0.399 e. The van der Waals surface area contributed by atoms with E-state index in [1.54, 1.807) is 0 Å². The van der Waals surface area contributed by atoms with E-state index in [1.807, 2.05) is 42.5 Å². The topological polar surface area (TPSA) is 62.8 Å². The summed E-state index contributed by atoms with van der Waals surface area (Å²) >= 11 is 0. The molecular formula is C36H30N4. The lowest BCUT2D eigenvalue weighted by atomic mass is 9.81. The molecule has 1 heterocycles. The van der Waals surface area contributed by atoms with Crippen molar-refractivity contribution in [3.8, 4) is 22.3 Å². The average molecular weight is 519 g/mol. The van der Waals surface area contributed by atoms with E-state index in [0.29, 0.717) is 0 Å². The molecule has 0 spiro atoms. The molecule has 5 aromatic carbocycles. The molecule has 0 bridgehead atoms. The molecular weight excluding hydrogens is 488 g/mol. The number of amidine groups is 2. The van der Waals surface area contributed by atoms with Crippen LogP contribution in [-0.4, -0.2) is 11.7 Å². The summed E-state index contributed by atoms with van der Waals surface area (Å²) in [5.74, 6) is 1.55. The number of nitrogens with two attached hydrogens (primary N) is 1. The summed E-state index contributed by atoms with van der Waals surface area (Å²) in [7, 11) is 0. The molecule has 1 aliphatic carbocycles. The highest BCUT2D eigenvalue weighted by Gasteiger charge is 2.35. The molecule has 5 aromatic rings. The van der Waals surface area contributed by atoms with Crippen LogP contribution in [0.15, 0.2) is 131 Å². The standard InChI is InChI=1S/C36H30N4/c1-36(2)31-21-27(17-19-29(31)30-20-18-28(37)22-32(30)36)23-13-15-26(16-14-23)35-39-33(24-9-5-3-6-10-24)38-34(40-35)25-11-7-4-8-12-25/h3-22,33H,37H2,1-2H3,(H,38,39,40). The summed E-state index contributed by atoms with van der Waals surface area (Å²) in [4.78, 5) is 9.88. The van der Waals surface area contributed by atoms with Crippen molar-refractivity contribution in [2.24, 2.45) is 9.98 Å². The van der Waals surface area contributed by atoms with Crippen LogP contribution in [0.1, 0.15) is 47.8 Å². The van der Waals surface area contributed by atoms with Gasteiger partial charge in [-0.2, -0.15) is 0 Å². The van der Waals surface area contributed by atoms with Crippen LogP contribution in [0.3, 0.4) is 0 Å². The van der Waals surface area contributed by atoms with Crippen molar-refractivity contribution in [3.63, 3.8) is 0 Å². The zero-order chi connectivity index (χ0) is 27.3. The SMILES string of the molecule is CC1(C)c2cc(N)ccc2-c2ccc(-c3ccc(C4=NC(c5ccccc5)=NC(c5ccccc5)N4)cc3)cc21. The maximum atomic E-state index is 6.14. The smallest absolute Gasteiger partial charge is 0.159 e. The van der Waals surface area contributed by atoms with Crippen LogP contribution in [0, 0.1) is 0 Å². The molecule has 4 heteroatoms. The van der Waals surface area contributed by atoms with E-state index in [-0.39, 0.29) is 11.6 Å². The van der Waals surface area contributed by atoms with Crippen LogP contribution in [0.2, 0.25) is 0 Å². The second kappa shape index (κ2) is 9.35. The van der Waals surface area contributed by atoms with Gasteiger partial charge < -0.3 is 11.1 Å². The molecule has 0 fully saturated rings. The van der Waals surface area contributed by atoms with Crippen molar-refractivity contribution < 1.29 is 0 Å². The molecule has 4 nitrogen and oxygen atoms in total. The van der Waals surface area contributed by atoms with Crippen LogP contribution in [0.5, 0.6) is 0 Å². The molecule has 0 saturated carbocycles. The molecule has 194 valence electrons. The van der Waals surface area contributed by atoms with Crippen molar-refractivity contribution in [1.29, 1.82) is 0 Å². The molecule has 40 heavy (non-hydrogen) atoms. The molecule has 0 amide bonds. The summed E-state index contributed by atoms with van der Waals surface area (Å²) in [5, 5.41) is 3.56. The highest BCUT2D eigenvalue weighted by atomic mass is 15.2. The third-order valence-corrected chi connectivity index (χ3v) is 8.08. The largest absolute Gasteiger partial charge is 0.399 e. The van der Waals surface area contributed by atoms with Crippen LogP contribution >= 0.6 is 0 Å². The first-order chi connectivity index (χ1) is 19.5. The molecule has 1 aliphatic heterocycles. The van der Waals surface area contributed by atoms with Gasteiger partial charge in [0.15, 0.2) is 5.84 Å². The number of fused-ring (bicyclic) bond motifs is 3. The Bertz CT molecular complexity index is 1780. The van der Waals surface area contributed by atoms with Gasteiger partial charge in [-0.1, -0.05) is 117 Å². The summed E-state index contributed by atoms with van der Waals surface area (Å²) in [6.45, 7) is 4.57. The Morgan fingerprint density at radius 3 is 1.95 bits per heavy atom. The maximum absolute atomic E-state index is 6.14. The van der Waals surface area contributed by atoms with Gasteiger partial charge in [0.2, 0.25) is 0 Å². The van der Waals surface area contributed by atoms with Crippen molar-refractivity contribution in [1.82, 2.24) is 5.32 Å². The first-order valence-corrected chi connectivity index (χ1v) is 13.7. The highest BCUT2D eigenvalue weighted by Crippen LogP contribution is 2.50. The summed E-state index contributed by atoms with van der Waals surface area (Å²) in [6.07, 6.45) is -0.210. The Balaban J connectivity index is 1.22. The third-order valence-electron chi connectivity index (χ3n) is 8.08. The first kappa shape index (κ1) is 24.1. The number of nitrogen functional groups attached to an aromatic ring is 1. The number of rotatable bonds is 4. The Kier molecular flexibility index (Phi) is 5.64. The van der Waals surface area contributed by atoms with Gasteiger partial charge in [-0.05, 0) is 57.1 Å². The van der Waals surface area contributed by atoms with E-state index in [0.717, 1.165) is 34.0 Å². The van der Waals surface area contributed by atoms with Crippen LogP contribution in [0.4, 0.5) is 5.69 Å². The molecule has 0 saturated heterocycles. The average Bonchev–Trinajstić information content (AvgIpc) is 3.23. The van der Waals surface area contributed by atoms with Crippen molar-refractivity contribution in [3.05, 3.63) is 149 Å². The fraction of sp³-hybridized carbons (Fsp3) is 0.111. The minimum absolute atomic E-state index is 0.101. The van der Waals surface area contributed by atoms with Crippen LogP contribution < -0.4 is 11.1 Å². The number of anilines is 1. The Labute approximate surface area is 235 Å². The molecule has 0 radical (unpaired) electrons. The number of hydrogen-bond acceptors (Lipinski definition) is 4. The summed E-state index contributed by atoms with van der Waals surface area (Å²) < 4.78 is 0. The van der Waals surface area contributed by atoms with Gasteiger partial charge in [0.1, 0.15) is 12.0 Å². The lowest BCUT2D eigenvalue weighted by Gasteiger charge is -2.24. The fourth-order valence-corrected chi connectivity index (χ4v) is 5.87. The van der Waals surface area contributed by atoms with E-state index >= 15 is 0 Å². The Hall–Kier alpha value is -4.96. The van der Waals surface area contributed by atoms with Gasteiger partial charge in [0, 0.05) is 22.2 Å². The van der Waals surface area contributed by atoms with E-state index in [9.17, 15) is 0 Å². The quantitative estimate of drug-likeness (QED) is 0.239. The first-order valence-electron chi connectivity index (χ1n) is 13.7. The van der Waals surface area contributed by atoms with Gasteiger partial charge >= 0.3 is 0 Å². The predicted molar refractivity (Wildman–Crippen MR) is 166 cm³/mol. The zero-order valence-electron chi connectivity index (χ0n) is 22.6. The van der Waals surface area contributed by atoms with E-state index in [2.05, 4.69) is 98.0 Å². The molecule has 1 unspecified atom stereocenters. The van der Waals surface area contributed by atoms with Crippen LogP contribution in [-0.2, 0) is 5.41 Å². The Morgan fingerprint density at radius 1 is 0.625 bits per heavy atom. The number of benzene rings is 5. The maximum Gasteiger partial charge on any atom is 0.159 e. The number of hydrogen-bond donors (Lipinski definition) is 2. The second-order valence-corrected chi connectivity index (χ2v) is 11.0. The monoisotopic (exact) mass is 518 g/mol. The number of nitrogens with one attached hydrogen (secondary N) is 1. The van der Waals surface area contributed by atoms with Crippen LogP contribution in [0.25, 0.3) is 22.3 Å². The molecule has 3 N–H and O–H groups in total. The second-order valence-electron chi connectivity index (χ2n) is 11.0. The highest BCUT2D eigenvalue weighted by molar-refractivity contribution is 6.13. The van der Waals surface area contributed by atoms with Gasteiger partial charge in [0.05, 0.1) is 0 Å². The van der Waals surface area contributed by atoms with E-state index < -0.39 is 0 Å². The minimum atomic E-state index is -0.210. The lowest BCUT2D eigenvalue weighted by Crippen LogP contribution is -2.33. The molecule has 0 aromatic heterocycles. The van der Waals surface area contributed by atoms with Crippen molar-refractivity contribution in [2.75, 3.05) is 5.73 Å². The van der Waals surface area contributed by atoms with E-state index in [4.69, 9.17) is 15.7 Å². The predicted octanol–water partition coefficient (Wildman–Crippen LogP) is 7.74. The Morgan fingerprint density at radius 2 is 1.23 bits per heavy atom. The lowest BCUT2D eigenvalue weighted by molar-refractivity contribution is 0.661. The van der Waals surface area contributed by atoms with Gasteiger partial charge in [-0.15, -0.1) is 0 Å². The van der Waals surface area contributed by atoms with Crippen molar-refractivity contribution >= 4 is 17.4 Å². The molecule has 2 aliphatic rings. The number of aliphatic imine (C=N–C) groups is 2. The molecule has 7 rings (SSSR count). The van der Waals surface area contributed by atoms with Gasteiger partial charge in [-0.3, -0.25) is 0 Å². The normalized spacial score (nSPS) is 16.8. The zero-order valence-corrected chi connectivity index (χ0v) is 22.6. The molecule has 1 atom stereocenters. The summed E-state index contributed by atoms with van der Waals surface area (Å²) in [6, 6.07) is 42.2. The van der Waals surface area contributed by atoms with Crippen molar-refractivity contribution in [2.45, 2.75) is 25.4 Å². The van der Waals surface area contributed by atoms with E-state index in [1.165, 1.54) is 33.4 Å². The summed E-state index contributed by atoms with van der Waals surface area (Å²) in [5.41, 5.74) is 17.6. The third kappa shape index (κ3) is 4.09. The van der Waals surface area contributed by atoms with Gasteiger partial charge in [-0.25, -0.2) is 9.98 Å². The van der Waals surface area contributed by atoms with Gasteiger partial charge in [0.25, 0.3) is 0 Å². The fourth-order valence-electron chi connectivity index (χ4n) is 5.87. The number of nitrogens with zero attached hydrogens (tertiary/aromatic N) is 2.